The van der Waals surface area contributed by atoms with E-state index in [-0.39, 0.29) is 12.0 Å². The van der Waals surface area contributed by atoms with Gasteiger partial charge in [0.05, 0.1) is 26.0 Å². The lowest BCUT2D eigenvalue weighted by molar-refractivity contribution is 0.0854. The van der Waals surface area contributed by atoms with Gasteiger partial charge in [0.1, 0.15) is 5.75 Å². The van der Waals surface area contributed by atoms with Crippen LogP contribution in [0.5, 0.6) is 5.75 Å². The van der Waals surface area contributed by atoms with E-state index in [1.54, 1.807) is 7.11 Å². The first-order valence-corrected chi connectivity index (χ1v) is 14.2. The molecule has 3 aliphatic rings. The lowest BCUT2D eigenvalue weighted by Crippen LogP contribution is -2.55. The Morgan fingerprint density at radius 3 is 2.55 bits per heavy atom. The van der Waals surface area contributed by atoms with Crippen LogP contribution in [0, 0.1) is 5.92 Å². The molecule has 1 saturated carbocycles. The minimum absolute atomic E-state index is 0.242. The summed E-state index contributed by atoms with van der Waals surface area (Å²) in [5, 5.41) is 11.4. The lowest BCUT2D eigenvalue weighted by Gasteiger charge is -2.49. The Bertz CT molecular complexity index is 1100. The van der Waals surface area contributed by atoms with Crippen molar-refractivity contribution in [2.24, 2.45) is 5.92 Å². The lowest BCUT2D eigenvalue weighted by atomic mass is 9.68. The zero-order chi connectivity index (χ0) is 23.2. The molecule has 0 unspecified atom stereocenters. The largest absolute Gasteiger partial charge is 0.497 e. The normalized spacial score (nSPS) is 24.9. The van der Waals surface area contributed by atoms with Crippen molar-refractivity contribution in [1.82, 2.24) is 14.2 Å². The Balaban J connectivity index is 1.52. The van der Waals surface area contributed by atoms with Gasteiger partial charge in [0.2, 0.25) is 10.0 Å². The molecule has 1 aliphatic carbocycles. The number of nitrogens with one attached hydrogen (secondary N) is 1. The van der Waals surface area contributed by atoms with Gasteiger partial charge < -0.3 is 19.7 Å². The van der Waals surface area contributed by atoms with Gasteiger partial charge in [-0.3, -0.25) is 0 Å². The number of rotatable bonds is 5. The third kappa shape index (κ3) is 4.20. The molecule has 2 fully saturated rings. The number of aliphatic hydroxyl groups excluding tert-OH is 1. The van der Waals surface area contributed by atoms with Crippen LogP contribution in [0.4, 0.5) is 0 Å². The van der Waals surface area contributed by atoms with E-state index in [9.17, 15) is 13.5 Å². The minimum atomic E-state index is -3.48. The Labute approximate surface area is 197 Å². The molecule has 33 heavy (non-hydrogen) atoms. The number of piperidine rings is 1. The summed E-state index contributed by atoms with van der Waals surface area (Å²) in [5.74, 6) is 1.57. The number of aliphatic hydroxyl groups is 1. The molecule has 0 amide bonds. The molecule has 1 atom stereocenters. The van der Waals surface area contributed by atoms with Crippen molar-refractivity contribution < 1.29 is 18.3 Å². The van der Waals surface area contributed by atoms with Crippen LogP contribution in [0.25, 0.3) is 10.9 Å². The number of aromatic nitrogens is 1. The van der Waals surface area contributed by atoms with E-state index in [1.165, 1.54) is 54.8 Å². The van der Waals surface area contributed by atoms with Crippen molar-refractivity contribution in [2.45, 2.75) is 56.4 Å². The van der Waals surface area contributed by atoms with Crippen molar-refractivity contribution in [2.75, 3.05) is 46.2 Å². The van der Waals surface area contributed by atoms with Crippen LogP contribution in [0.15, 0.2) is 18.2 Å². The first-order chi connectivity index (χ1) is 15.8. The van der Waals surface area contributed by atoms with Gasteiger partial charge in [-0.15, -0.1) is 0 Å². The topological polar surface area (TPSA) is 85.9 Å². The molecule has 3 heterocycles. The summed E-state index contributed by atoms with van der Waals surface area (Å²) in [6, 6.07) is 5.45. The number of aromatic amines is 1. The van der Waals surface area contributed by atoms with Gasteiger partial charge in [-0.05, 0) is 62.4 Å². The number of hydrogen-bond acceptors (Lipinski definition) is 5. The van der Waals surface area contributed by atoms with E-state index in [2.05, 4.69) is 16.0 Å². The van der Waals surface area contributed by atoms with Gasteiger partial charge in [-0.25, -0.2) is 8.42 Å². The predicted octanol–water partition coefficient (Wildman–Crippen LogP) is 3.40. The fourth-order valence-corrected chi connectivity index (χ4v) is 7.73. The molecule has 2 aromatic rings. The van der Waals surface area contributed by atoms with Crippen LogP contribution in [0.3, 0.4) is 0 Å². The third-order valence-corrected chi connectivity index (χ3v) is 9.59. The van der Waals surface area contributed by atoms with Crippen molar-refractivity contribution in [1.29, 1.82) is 0 Å². The smallest absolute Gasteiger partial charge is 0.211 e. The molecular weight excluding hydrogens is 438 g/mol. The number of hydrogen-bond donors (Lipinski definition) is 2. The monoisotopic (exact) mass is 475 g/mol. The van der Waals surface area contributed by atoms with Crippen molar-refractivity contribution in [3.63, 3.8) is 0 Å². The quantitative estimate of drug-likeness (QED) is 0.692. The first-order valence-electron chi connectivity index (χ1n) is 12.3. The van der Waals surface area contributed by atoms with Crippen molar-refractivity contribution >= 4 is 20.9 Å². The standard InChI is InChI=1S/C25H37N3O4S/c1-32-19-8-9-20-21(14-19)26-24-22(16-29)28(33(2,30)31)17-25(23(20)24)10-12-27(13-11-25)15-18-6-4-3-5-7-18/h8-9,14,18,22,26,29H,3-7,10-13,15-17H2,1-2H3/t22-/m0/s1. The Morgan fingerprint density at radius 2 is 1.91 bits per heavy atom. The second kappa shape index (κ2) is 8.87. The summed E-state index contributed by atoms with van der Waals surface area (Å²) >= 11 is 0. The van der Waals surface area contributed by atoms with E-state index in [0.29, 0.717) is 6.54 Å². The maximum atomic E-state index is 12.8. The molecule has 1 spiro atoms. The van der Waals surface area contributed by atoms with Gasteiger partial charge in [0, 0.05) is 41.2 Å². The summed E-state index contributed by atoms with van der Waals surface area (Å²) in [5.41, 5.74) is 2.74. The second-order valence-corrected chi connectivity index (χ2v) is 12.4. The number of nitrogens with zero attached hydrogens (tertiary/aromatic N) is 2. The average molecular weight is 476 g/mol. The molecule has 0 radical (unpaired) electrons. The first kappa shape index (κ1) is 23.1. The molecule has 2 N–H and O–H groups in total. The van der Waals surface area contributed by atoms with Gasteiger partial charge in [-0.1, -0.05) is 19.3 Å². The van der Waals surface area contributed by atoms with Gasteiger partial charge >= 0.3 is 0 Å². The summed E-state index contributed by atoms with van der Waals surface area (Å²) in [6.45, 7) is 3.33. The Hall–Kier alpha value is -1.61. The van der Waals surface area contributed by atoms with Gasteiger partial charge in [0.15, 0.2) is 0 Å². The van der Waals surface area contributed by atoms with Crippen LogP contribution in [-0.2, 0) is 15.4 Å². The number of methoxy groups -OCH3 is 1. The van der Waals surface area contributed by atoms with E-state index in [4.69, 9.17) is 4.74 Å². The zero-order valence-corrected chi connectivity index (χ0v) is 20.7. The SMILES string of the molecule is COc1ccc2c3c([nH]c2c1)[C@H](CO)N(S(C)(=O)=O)CC31CCN(CC2CCCCC2)CC1. The number of sulfonamides is 1. The van der Waals surface area contributed by atoms with Crippen LogP contribution in [-0.4, -0.2) is 73.9 Å². The van der Waals surface area contributed by atoms with Crippen molar-refractivity contribution in [3.8, 4) is 5.75 Å². The maximum absolute atomic E-state index is 12.8. The van der Waals surface area contributed by atoms with Crippen LogP contribution >= 0.6 is 0 Å². The summed E-state index contributed by atoms with van der Waals surface area (Å²) in [4.78, 5) is 6.08. The molecule has 8 heteroatoms. The highest BCUT2D eigenvalue weighted by molar-refractivity contribution is 7.88. The predicted molar refractivity (Wildman–Crippen MR) is 130 cm³/mol. The molecule has 2 aliphatic heterocycles. The van der Waals surface area contributed by atoms with Crippen LogP contribution in [0.1, 0.15) is 62.2 Å². The van der Waals surface area contributed by atoms with E-state index in [0.717, 1.165) is 54.2 Å². The highest BCUT2D eigenvalue weighted by atomic mass is 32.2. The highest BCUT2D eigenvalue weighted by Gasteiger charge is 2.49. The molecule has 1 saturated heterocycles. The number of likely N-dealkylation sites (tertiary alicyclic amines) is 1. The molecule has 1 aromatic carbocycles. The Morgan fingerprint density at radius 1 is 1.18 bits per heavy atom. The molecule has 7 nitrogen and oxygen atoms in total. The van der Waals surface area contributed by atoms with E-state index in [1.807, 2.05) is 12.1 Å². The number of ether oxygens (including phenoxy) is 1. The highest BCUT2D eigenvalue weighted by Crippen LogP contribution is 2.49. The molecule has 1 aromatic heterocycles. The molecule has 0 bridgehead atoms. The van der Waals surface area contributed by atoms with Crippen LogP contribution in [0.2, 0.25) is 0 Å². The van der Waals surface area contributed by atoms with Gasteiger partial charge in [-0.2, -0.15) is 4.31 Å². The molecule has 182 valence electrons. The average Bonchev–Trinajstić information content (AvgIpc) is 3.20. The summed E-state index contributed by atoms with van der Waals surface area (Å²) < 4.78 is 32.6. The fourth-order valence-electron chi connectivity index (χ4n) is 6.61. The number of fused-ring (bicyclic) bond motifs is 4. The van der Waals surface area contributed by atoms with E-state index < -0.39 is 16.1 Å². The number of H-pyrrole nitrogens is 1. The van der Waals surface area contributed by atoms with E-state index >= 15 is 0 Å². The minimum Gasteiger partial charge on any atom is -0.497 e. The third-order valence-electron chi connectivity index (χ3n) is 8.36. The van der Waals surface area contributed by atoms with Crippen molar-refractivity contribution in [3.05, 3.63) is 29.5 Å². The fraction of sp³-hybridized carbons (Fsp3) is 0.680. The second-order valence-electron chi connectivity index (χ2n) is 10.4. The molecule has 5 rings (SSSR count). The zero-order valence-electron chi connectivity index (χ0n) is 19.8. The molecular formula is C25H37N3O4S. The van der Waals surface area contributed by atoms with Crippen LogP contribution < -0.4 is 4.74 Å². The summed E-state index contributed by atoms with van der Waals surface area (Å²) in [7, 11) is -1.83. The Kier molecular flexibility index (Phi) is 6.22. The van der Waals surface area contributed by atoms with Gasteiger partial charge in [0.25, 0.3) is 0 Å². The number of benzene rings is 1. The summed E-state index contributed by atoms with van der Waals surface area (Å²) in [6.07, 6.45) is 9.89. The maximum Gasteiger partial charge on any atom is 0.211 e.